The van der Waals surface area contributed by atoms with Crippen LogP contribution < -0.4 is 15.8 Å². The number of amides is 1. The predicted octanol–water partition coefficient (Wildman–Crippen LogP) is -0.369. The van der Waals surface area contributed by atoms with E-state index in [4.69, 9.17) is 5.14 Å². The average molecular weight is 261 g/mol. The lowest BCUT2D eigenvalue weighted by Crippen LogP contribution is -2.26. The third kappa shape index (κ3) is 3.68. The lowest BCUT2D eigenvalue weighted by Gasteiger charge is -2.07. The Kier molecular flexibility index (Phi) is 4.02. The fourth-order valence-corrected chi connectivity index (χ4v) is 1.61. The number of rotatable bonds is 4. The molecule has 0 saturated heterocycles. The molecule has 94 valence electrons. The minimum absolute atomic E-state index is 0.0287. The SMILES string of the molecule is CNC(=O)CNc1ccc(S(N)(=O)=O)cc1F. The van der Waals surface area contributed by atoms with Crippen molar-refractivity contribution in [3.8, 4) is 0 Å². The van der Waals surface area contributed by atoms with Gasteiger partial charge in [-0.05, 0) is 18.2 Å². The van der Waals surface area contributed by atoms with Crippen LogP contribution in [0.3, 0.4) is 0 Å². The monoisotopic (exact) mass is 261 g/mol. The van der Waals surface area contributed by atoms with E-state index in [1.807, 2.05) is 0 Å². The summed E-state index contributed by atoms with van der Waals surface area (Å²) in [5.41, 5.74) is 0.0287. The standard InChI is InChI=1S/C9H12FN3O3S/c1-12-9(14)5-13-8-3-2-6(4-7(8)10)17(11,15)16/h2-4,13H,5H2,1H3,(H,12,14)(H2,11,15,16). The van der Waals surface area contributed by atoms with Gasteiger partial charge in [-0.1, -0.05) is 0 Å². The molecule has 0 saturated carbocycles. The quantitative estimate of drug-likeness (QED) is 0.688. The van der Waals surface area contributed by atoms with Crippen LogP contribution in [0.5, 0.6) is 0 Å². The zero-order chi connectivity index (χ0) is 13.1. The molecule has 0 aromatic heterocycles. The lowest BCUT2D eigenvalue weighted by atomic mass is 10.3. The summed E-state index contributed by atoms with van der Waals surface area (Å²) < 4.78 is 35.3. The molecule has 0 aliphatic carbocycles. The van der Waals surface area contributed by atoms with Crippen molar-refractivity contribution in [2.24, 2.45) is 5.14 Å². The Bertz CT molecular complexity index is 530. The highest BCUT2D eigenvalue weighted by atomic mass is 32.2. The molecule has 0 radical (unpaired) electrons. The van der Waals surface area contributed by atoms with Gasteiger partial charge in [0.05, 0.1) is 17.1 Å². The zero-order valence-electron chi connectivity index (χ0n) is 9.03. The Morgan fingerprint density at radius 3 is 2.59 bits per heavy atom. The molecule has 17 heavy (non-hydrogen) atoms. The maximum Gasteiger partial charge on any atom is 0.239 e. The topological polar surface area (TPSA) is 101 Å². The van der Waals surface area contributed by atoms with Gasteiger partial charge in [0.15, 0.2) is 0 Å². The summed E-state index contributed by atoms with van der Waals surface area (Å²) in [7, 11) is -2.48. The van der Waals surface area contributed by atoms with Gasteiger partial charge in [-0.15, -0.1) is 0 Å². The van der Waals surface area contributed by atoms with E-state index < -0.39 is 15.8 Å². The number of anilines is 1. The Balaban J connectivity index is 2.88. The van der Waals surface area contributed by atoms with Gasteiger partial charge in [0.1, 0.15) is 5.82 Å². The highest BCUT2D eigenvalue weighted by Crippen LogP contribution is 2.17. The molecule has 0 spiro atoms. The number of benzene rings is 1. The van der Waals surface area contributed by atoms with E-state index in [1.165, 1.54) is 13.1 Å². The Morgan fingerprint density at radius 1 is 1.47 bits per heavy atom. The Labute approximate surface area is 98.1 Å². The molecule has 1 aromatic rings. The summed E-state index contributed by atoms with van der Waals surface area (Å²) in [6.07, 6.45) is 0. The third-order valence-electron chi connectivity index (χ3n) is 1.99. The van der Waals surface area contributed by atoms with E-state index in [0.29, 0.717) is 0 Å². The number of primary sulfonamides is 1. The molecular weight excluding hydrogens is 249 g/mol. The molecule has 0 bridgehead atoms. The van der Waals surface area contributed by atoms with E-state index in [9.17, 15) is 17.6 Å². The number of carbonyl (C=O) groups excluding carboxylic acids is 1. The van der Waals surface area contributed by atoms with Gasteiger partial charge in [0, 0.05) is 7.05 Å². The maximum absolute atomic E-state index is 13.4. The Morgan fingerprint density at radius 2 is 2.12 bits per heavy atom. The van der Waals surface area contributed by atoms with Crippen molar-refractivity contribution in [2.75, 3.05) is 18.9 Å². The third-order valence-corrected chi connectivity index (χ3v) is 2.90. The first-order valence-electron chi connectivity index (χ1n) is 4.61. The van der Waals surface area contributed by atoms with Crippen LogP contribution >= 0.6 is 0 Å². The number of nitrogens with one attached hydrogen (secondary N) is 2. The second-order valence-electron chi connectivity index (χ2n) is 3.21. The average Bonchev–Trinajstić information content (AvgIpc) is 2.25. The van der Waals surface area contributed by atoms with Crippen LogP contribution in [0.15, 0.2) is 23.1 Å². The molecule has 1 amide bonds. The molecule has 0 unspecified atom stereocenters. The highest BCUT2D eigenvalue weighted by Gasteiger charge is 2.11. The summed E-state index contributed by atoms with van der Waals surface area (Å²) in [6, 6.07) is 3.16. The second kappa shape index (κ2) is 5.11. The molecule has 1 rings (SSSR count). The number of hydrogen-bond donors (Lipinski definition) is 3. The zero-order valence-corrected chi connectivity index (χ0v) is 9.84. The van der Waals surface area contributed by atoms with Crippen molar-refractivity contribution >= 4 is 21.6 Å². The normalized spacial score (nSPS) is 11.0. The number of halogens is 1. The van der Waals surface area contributed by atoms with Crippen LogP contribution in [0, 0.1) is 5.82 Å². The number of hydrogen-bond acceptors (Lipinski definition) is 4. The fourth-order valence-electron chi connectivity index (χ4n) is 1.08. The fraction of sp³-hybridized carbons (Fsp3) is 0.222. The number of likely N-dealkylation sites (N-methyl/N-ethyl adjacent to an activating group) is 1. The molecule has 6 nitrogen and oxygen atoms in total. The van der Waals surface area contributed by atoms with Gasteiger partial charge in [-0.2, -0.15) is 0 Å². The predicted molar refractivity (Wildman–Crippen MR) is 60.3 cm³/mol. The van der Waals surface area contributed by atoms with E-state index in [1.54, 1.807) is 0 Å². The minimum Gasteiger partial charge on any atom is -0.374 e. The molecule has 0 aliphatic heterocycles. The first kappa shape index (κ1) is 13.4. The first-order chi connectivity index (χ1) is 7.84. The van der Waals surface area contributed by atoms with E-state index in [2.05, 4.69) is 10.6 Å². The van der Waals surface area contributed by atoms with Crippen LogP contribution in [0.2, 0.25) is 0 Å². The Hall–Kier alpha value is -1.67. The van der Waals surface area contributed by atoms with Gasteiger partial charge in [0.2, 0.25) is 15.9 Å². The summed E-state index contributed by atoms with van der Waals surface area (Å²) in [5, 5.41) is 9.71. The summed E-state index contributed by atoms with van der Waals surface area (Å²) in [6.45, 7) is -0.109. The van der Waals surface area contributed by atoms with Crippen LogP contribution in [0.25, 0.3) is 0 Å². The van der Waals surface area contributed by atoms with Crippen LogP contribution in [-0.2, 0) is 14.8 Å². The first-order valence-corrected chi connectivity index (χ1v) is 6.16. The smallest absolute Gasteiger partial charge is 0.239 e. The summed E-state index contributed by atoms with van der Waals surface area (Å²) in [4.78, 5) is 10.6. The summed E-state index contributed by atoms with van der Waals surface area (Å²) in [5.74, 6) is -1.11. The van der Waals surface area contributed by atoms with Crippen molar-refractivity contribution < 1.29 is 17.6 Å². The largest absolute Gasteiger partial charge is 0.374 e. The number of nitrogens with two attached hydrogens (primary N) is 1. The van der Waals surface area contributed by atoms with Gasteiger partial charge in [0.25, 0.3) is 0 Å². The van der Waals surface area contributed by atoms with Crippen LogP contribution in [-0.4, -0.2) is 27.9 Å². The van der Waals surface area contributed by atoms with Gasteiger partial charge >= 0.3 is 0 Å². The van der Waals surface area contributed by atoms with Crippen LogP contribution in [0.1, 0.15) is 0 Å². The maximum atomic E-state index is 13.4. The van der Waals surface area contributed by atoms with E-state index in [-0.39, 0.29) is 23.0 Å². The molecule has 8 heteroatoms. The van der Waals surface area contributed by atoms with Gasteiger partial charge < -0.3 is 10.6 Å². The van der Waals surface area contributed by atoms with Crippen LogP contribution in [0.4, 0.5) is 10.1 Å². The van der Waals surface area contributed by atoms with Crippen molar-refractivity contribution in [1.29, 1.82) is 0 Å². The molecule has 4 N–H and O–H groups in total. The molecule has 0 fully saturated rings. The number of sulfonamides is 1. The highest BCUT2D eigenvalue weighted by molar-refractivity contribution is 7.89. The van der Waals surface area contributed by atoms with Crippen molar-refractivity contribution in [3.63, 3.8) is 0 Å². The van der Waals surface area contributed by atoms with Crippen molar-refractivity contribution in [1.82, 2.24) is 5.32 Å². The van der Waals surface area contributed by atoms with Gasteiger partial charge in [-0.25, -0.2) is 17.9 Å². The minimum atomic E-state index is -3.93. The van der Waals surface area contributed by atoms with E-state index >= 15 is 0 Å². The van der Waals surface area contributed by atoms with Crippen molar-refractivity contribution in [2.45, 2.75) is 4.90 Å². The lowest BCUT2D eigenvalue weighted by molar-refractivity contribution is -0.118. The molecule has 1 aromatic carbocycles. The number of carbonyl (C=O) groups is 1. The summed E-state index contributed by atoms with van der Waals surface area (Å²) >= 11 is 0. The molecule has 0 atom stereocenters. The van der Waals surface area contributed by atoms with E-state index in [0.717, 1.165) is 12.1 Å². The van der Waals surface area contributed by atoms with Gasteiger partial charge in [-0.3, -0.25) is 4.79 Å². The molecular formula is C9H12FN3O3S. The molecule has 0 heterocycles. The molecule has 0 aliphatic rings. The second-order valence-corrected chi connectivity index (χ2v) is 4.77. The van der Waals surface area contributed by atoms with Crippen molar-refractivity contribution in [3.05, 3.63) is 24.0 Å².